The molecule has 128 valence electrons. The summed E-state index contributed by atoms with van der Waals surface area (Å²) in [5, 5.41) is 0.957. The quantitative estimate of drug-likeness (QED) is 0.827. The molecule has 2 aromatic carbocycles. The molecule has 0 aromatic heterocycles. The second-order valence-electron chi connectivity index (χ2n) is 5.00. The Kier molecular flexibility index (Phi) is 6.23. The van der Waals surface area contributed by atoms with Crippen molar-refractivity contribution in [2.45, 2.75) is 11.8 Å². The van der Waals surface area contributed by atoms with Crippen LogP contribution in [0.15, 0.2) is 53.4 Å². The Morgan fingerprint density at radius 3 is 2.33 bits per heavy atom. The Morgan fingerprint density at radius 1 is 1.08 bits per heavy atom. The van der Waals surface area contributed by atoms with E-state index in [1.807, 2.05) is 0 Å². The number of nitrogens with one attached hydrogen (secondary N) is 1. The van der Waals surface area contributed by atoms with Gasteiger partial charge in [-0.05, 0) is 42.5 Å². The topological polar surface area (TPSA) is 66.5 Å². The maximum Gasteiger partial charge on any atom is 0.240 e. The fourth-order valence-electron chi connectivity index (χ4n) is 2.10. The number of nitrogens with zero attached hydrogens (tertiary/aromatic N) is 1. The monoisotopic (exact) mass is 386 g/mol. The third-order valence-electron chi connectivity index (χ3n) is 3.25. The molecule has 0 heterocycles. The summed E-state index contributed by atoms with van der Waals surface area (Å²) >= 11 is 11.7. The molecule has 0 fully saturated rings. The average molecular weight is 387 g/mol. The van der Waals surface area contributed by atoms with Gasteiger partial charge in [0.1, 0.15) is 0 Å². The second-order valence-corrected chi connectivity index (χ2v) is 7.64. The normalized spacial score (nSPS) is 11.3. The fraction of sp³-hybridized carbons (Fsp3) is 0.188. The van der Waals surface area contributed by atoms with E-state index >= 15 is 0 Å². The van der Waals surface area contributed by atoms with E-state index in [9.17, 15) is 13.2 Å². The molecule has 2 aromatic rings. The van der Waals surface area contributed by atoms with Gasteiger partial charge < -0.3 is 4.90 Å². The fourth-order valence-corrected chi connectivity index (χ4v) is 3.43. The van der Waals surface area contributed by atoms with E-state index in [4.69, 9.17) is 23.2 Å². The van der Waals surface area contributed by atoms with Crippen LogP contribution in [0.25, 0.3) is 0 Å². The van der Waals surface area contributed by atoms with Crippen molar-refractivity contribution in [3.63, 3.8) is 0 Å². The summed E-state index contributed by atoms with van der Waals surface area (Å²) < 4.78 is 26.9. The standard InChI is InChI=1S/C16H16Cl2N2O3S/c1-12(21)20(15-4-2-3-14(18)11-15)10-9-19-24(22,23)16-7-5-13(17)6-8-16/h2-8,11,19H,9-10H2,1H3. The number of carbonyl (C=O) groups is 1. The van der Waals surface area contributed by atoms with Crippen LogP contribution in [-0.4, -0.2) is 27.4 Å². The number of hydrogen-bond donors (Lipinski definition) is 1. The molecule has 24 heavy (non-hydrogen) atoms. The molecule has 5 nitrogen and oxygen atoms in total. The van der Waals surface area contributed by atoms with Crippen molar-refractivity contribution < 1.29 is 13.2 Å². The zero-order chi connectivity index (χ0) is 17.7. The molecule has 0 bridgehead atoms. The van der Waals surface area contributed by atoms with Crippen LogP contribution in [0, 0.1) is 0 Å². The molecule has 0 radical (unpaired) electrons. The van der Waals surface area contributed by atoms with Gasteiger partial charge in [0.25, 0.3) is 0 Å². The highest BCUT2D eigenvalue weighted by Gasteiger charge is 2.16. The van der Waals surface area contributed by atoms with Gasteiger partial charge in [0.15, 0.2) is 0 Å². The highest BCUT2D eigenvalue weighted by atomic mass is 35.5. The van der Waals surface area contributed by atoms with Gasteiger partial charge in [0, 0.05) is 35.7 Å². The van der Waals surface area contributed by atoms with Crippen LogP contribution >= 0.6 is 23.2 Å². The number of halogens is 2. The van der Waals surface area contributed by atoms with Gasteiger partial charge >= 0.3 is 0 Å². The SMILES string of the molecule is CC(=O)N(CCNS(=O)(=O)c1ccc(Cl)cc1)c1cccc(Cl)c1. The van der Waals surface area contributed by atoms with Crippen LogP contribution in [0.3, 0.4) is 0 Å². The van der Waals surface area contributed by atoms with Crippen molar-refractivity contribution in [1.29, 1.82) is 0 Å². The minimum Gasteiger partial charge on any atom is -0.311 e. The van der Waals surface area contributed by atoms with Crippen molar-refractivity contribution in [3.8, 4) is 0 Å². The molecule has 0 unspecified atom stereocenters. The number of benzene rings is 2. The van der Waals surface area contributed by atoms with E-state index in [-0.39, 0.29) is 23.9 Å². The molecule has 0 aliphatic carbocycles. The first-order valence-electron chi connectivity index (χ1n) is 7.08. The molecule has 2 rings (SSSR count). The summed E-state index contributed by atoms with van der Waals surface area (Å²) in [4.78, 5) is 13.4. The molecule has 0 aliphatic heterocycles. The van der Waals surface area contributed by atoms with Gasteiger partial charge in [-0.1, -0.05) is 29.3 Å². The van der Waals surface area contributed by atoms with Crippen LogP contribution in [0.4, 0.5) is 5.69 Å². The largest absolute Gasteiger partial charge is 0.311 e. The first kappa shape index (κ1) is 18.7. The first-order chi connectivity index (χ1) is 11.3. The Labute approximate surface area is 151 Å². The molecule has 0 saturated heterocycles. The van der Waals surface area contributed by atoms with Gasteiger partial charge in [-0.3, -0.25) is 4.79 Å². The maximum absolute atomic E-state index is 12.2. The molecule has 1 N–H and O–H groups in total. The van der Waals surface area contributed by atoms with Gasteiger partial charge in [-0.15, -0.1) is 0 Å². The van der Waals surface area contributed by atoms with E-state index < -0.39 is 10.0 Å². The van der Waals surface area contributed by atoms with Gasteiger partial charge in [-0.2, -0.15) is 0 Å². The van der Waals surface area contributed by atoms with Crippen LogP contribution in [0.5, 0.6) is 0 Å². The Morgan fingerprint density at radius 2 is 1.75 bits per heavy atom. The number of anilines is 1. The van der Waals surface area contributed by atoms with Crippen molar-refractivity contribution in [2.24, 2.45) is 0 Å². The molecule has 1 amide bonds. The lowest BCUT2D eigenvalue weighted by Gasteiger charge is -2.21. The van der Waals surface area contributed by atoms with E-state index in [2.05, 4.69) is 4.72 Å². The lowest BCUT2D eigenvalue weighted by atomic mass is 10.3. The minimum absolute atomic E-state index is 0.0665. The molecule has 0 atom stereocenters. The van der Waals surface area contributed by atoms with Gasteiger partial charge in [0.2, 0.25) is 15.9 Å². The molecule has 0 saturated carbocycles. The van der Waals surface area contributed by atoms with E-state index in [0.717, 1.165) is 0 Å². The van der Waals surface area contributed by atoms with E-state index in [1.54, 1.807) is 24.3 Å². The lowest BCUT2D eigenvalue weighted by molar-refractivity contribution is -0.116. The number of carbonyl (C=O) groups excluding carboxylic acids is 1. The van der Waals surface area contributed by atoms with Crippen LogP contribution in [0.1, 0.15) is 6.92 Å². The minimum atomic E-state index is -3.66. The Balaban J connectivity index is 2.05. The van der Waals surface area contributed by atoms with Crippen molar-refractivity contribution in [3.05, 3.63) is 58.6 Å². The first-order valence-corrected chi connectivity index (χ1v) is 9.32. The molecule has 0 aliphatic rings. The smallest absolute Gasteiger partial charge is 0.240 e. The van der Waals surface area contributed by atoms with Gasteiger partial charge in [-0.25, -0.2) is 13.1 Å². The average Bonchev–Trinajstić information content (AvgIpc) is 2.51. The van der Waals surface area contributed by atoms with Crippen LogP contribution in [-0.2, 0) is 14.8 Å². The van der Waals surface area contributed by atoms with E-state index in [0.29, 0.717) is 15.7 Å². The summed E-state index contributed by atoms with van der Waals surface area (Å²) in [5.41, 5.74) is 0.612. The Hall–Kier alpha value is -1.60. The lowest BCUT2D eigenvalue weighted by Crippen LogP contribution is -2.37. The maximum atomic E-state index is 12.2. The predicted octanol–water partition coefficient (Wildman–Crippen LogP) is 3.32. The summed E-state index contributed by atoms with van der Waals surface area (Å²) in [6.45, 7) is 1.66. The molecular weight excluding hydrogens is 371 g/mol. The third-order valence-corrected chi connectivity index (χ3v) is 5.22. The van der Waals surface area contributed by atoms with Crippen molar-refractivity contribution in [1.82, 2.24) is 4.72 Å². The third kappa shape index (κ3) is 4.95. The number of amides is 1. The Bertz CT molecular complexity index is 823. The summed E-state index contributed by atoms with van der Waals surface area (Å²) in [5.74, 6) is -0.206. The zero-order valence-electron chi connectivity index (χ0n) is 12.9. The van der Waals surface area contributed by atoms with Crippen LogP contribution in [0.2, 0.25) is 10.0 Å². The number of hydrogen-bond acceptors (Lipinski definition) is 3. The van der Waals surface area contributed by atoms with Crippen molar-refractivity contribution >= 4 is 44.8 Å². The molecule has 8 heteroatoms. The van der Waals surface area contributed by atoms with E-state index in [1.165, 1.54) is 36.1 Å². The zero-order valence-corrected chi connectivity index (χ0v) is 15.2. The van der Waals surface area contributed by atoms with Crippen LogP contribution < -0.4 is 9.62 Å². The molecular formula is C16H16Cl2N2O3S. The summed E-state index contributed by atoms with van der Waals surface area (Å²) in [6, 6.07) is 12.7. The predicted molar refractivity (Wildman–Crippen MR) is 96.1 cm³/mol. The molecule has 0 spiro atoms. The summed E-state index contributed by atoms with van der Waals surface area (Å²) in [7, 11) is -3.66. The number of rotatable bonds is 6. The highest BCUT2D eigenvalue weighted by Crippen LogP contribution is 2.19. The van der Waals surface area contributed by atoms with Gasteiger partial charge in [0.05, 0.1) is 4.90 Å². The second kappa shape index (κ2) is 7.98. The number of sulfonamides is 1. The summed E-state index contributed by atoms with van der Waals surface area (Å²) in [6.07, 6.45) is 0. The van der Waals surface area contributed by atoms with Crippen molar-refractivity contribution in [2.75, 3.05) is 18.0 Å². The highest BCUT2D eigenvalue weighted by molar-refractivity contribution is 7.89.